The van der Waals surface area contributed by atoms with E-state index in [9.17, 15) is 9.59 Å². The molecule has 0 spiro atoms. The number of hydrogen-bond donors (Lipinski definition) is 1. The standard InChI is InChI=1S/C20H29N3O2S2/c1-5-12(2)10-15-14(4)27-19-17(15)18(25)21-20(22-19)26-11-16(24)23-8-6-13(3)7-9-23/h12-13H,5-11H2,1-4H3,(H,21,22,25)/t12-/m1/s1. The predicted octanol–water partition coefficient (Wildman–Crippen LogP) is 4.23. The minimum atomic E-state index is -0.0793. The monoisotopic (exact) mass is 407 g/mol. The molecule has 1 aliphatic rings. The lowest BCUT2D eigenvalue weighted by Crippen LogP contribution is -2.38. The first-order valence-electron chi connectivity index (χ1n) is 9.81. The van der Waals surface area contributed by atoms with Gasteiger partial charge in [-0.15, -0.1) is 11.3 Å². The van der Waals surface area contributed by atoms with Crippen LogP contribution in [-0.4, -0.2) is 39.6 Å². The molecule has 1 saturated heterocycles. The molecule has 0 unspecified atom stereocenters. The molecule has 0 aromatic carbocycles. The Morgan fingerprint density at radius 3 is 2.78 bits per heavy atom. The van der Waals surface area contributed by atoms with E-state index in [-0.39, 0.29) is 11.5 Å². The van der Waals surface area contributed by atoms with Crippen LogP contribution in [0, 0.1) is 18.8 Å². The van der Waals surface area contributed by atoms with Gasteiger partial charge in [0.05, 0.1) is 11.1 Å². The second kappa shape index (κ2) is 8.78. The lowest BCUT2D eigenvalue weighted by atomic mass is 9.98. The Hall–Kier alpha value is -1.34. The molecule has 2 aromatic rings. The number of fused-ring (bicyclic) bond motifs is 1. The Morgan fingerprint density at radius 2 is 2.11 bits per heavy atom. The smallest absolute Gasteiger partial charge is 0.260 e. The number of thiophene rings is 1. The topological polar surface area (TPSA) is 66.1 Å². The quantitative estimate of drug-likeness (QED) is 0.575. The number of likely N-dealkylation sites (tertiary alicyclic amines) is 1. The number of amides is 1. The number of hydrogen-bond acceptors (Lipinski definition) is 5. The fourth-order valence-electron chi connectivity index (χ4n) is 3.44. The second-order valence-electron chi connectivity index (χ2n) is 7.76. The summed E-state index contributed by atoms with van der Waals surface area (Å²) in [5.41, 5.74) is 1.05. The Morgan fingerprint density at radius 1 is 1.41 bits per heavy atom. The summed E-state index contributed by atoms with van der Waals surface area (Å²) in [6.45, 7) is 10.4. The molecule has 0 aliphatic carbocycles. The van der Waals surface area contributed by atoms with Crippen LogP contribution in [0.4, 0.5) is 0 Å². The molecule has 0 bridgehead atoms. The zero-order chi connectivity index (χ0) is 19.6. The molecule has 148 valence electrons. The number of nitrogens with zero attached hydrogens (tertiary/aromatic N) is 2. The molecule has 2 aromatic heterocycles. The molecular formula is C20H29N3O2S2. The van der Waals surface area contributed by atoms with Gasteiger partial charge in [-0.1, -0.05) is 39.0 Å². The summed E-state index contributed by atoms with van der Waals surface area (Å²) in [7, 11) is 0. The lowest BCUT2D eigenvalue weighted by molar-refractivity contribution is -0.129. The van der Waals surface area contributed by atoms with Crippen LogP contribution < -0.4 is 5.56 Å². The van der Waals surface area contributed by atoms with Crippen LogP contribution in [0.5, 0.6) is 0 Å². The summed E-state index contributed by atoms with van der Waals surface area (Å²) < 4.78 is 0. The highest BCUT2D eigenvalue weighted by atomic mass is 32.2. The Bertz CT molecular complexity index is 866. The molecule has 0 radical (unpaired) electrons. The number of carbonyl (C=O) groups is 1. The summed E-state index contributed by atoms with van der Waals surface area (Å²) in [5.74, 6) is 1.70. The predicted molar refractivity (Wildman–Crippen MR) is 114 cm³/mol. The zero-order valence-electron chi connectivity index (χ0n) is 16.6. The van der Waals surface area contributed by atoms with Crippen LogP contribution in [0.3, 0.4) is 0 Å². The second-order valence-corrected chi connectivity index (χ2v) is 9.92. The van der Waals surface area contributed by atoms with E-state index >= 15 is 0 Å². The van der Waals surface area contributed by atoms with Gasteiger partial charge in [-0.05, 0) is 43.6 Å². The van der Waals surface area contributed by atoms with Crippen LogP contribution in [-0.2, 0) is 11.2 Å². The van der Waals surface area contributed by atoms with Crippen molar-refractivity contribution in [2.75, 3.05) is 18.8 Å². The van der Waals surface area contributed by atoms with Crippen molar-refractivity contribution in [2.45, 2.75) is 58.5 Å². The first kappa shape index (κ1) is 20.4. The molecule has 1 aliphatic heterocycles. The highest BCUT2D eigenvalue weighted by Crippen LogP contribution is 2.30. The van der Waals surface area contributed by atoms with E-state index in [0.29, 0.717) is 22.7 Å². The van der Waals surface area contributed by atoms with Crippen molar-refractivity contribution >= 4 is 39.2 Å². The number of aryl methyl sites for hydroxylation is 1. The van der Waals surface area contributed by atoms with Crippen LogP contribution >= 0.6 is 23.1 Å². The van der Waals surface area contributed by atoms with E-state index in [1.165, 1.54) is 16.6 Å². The van der Waals surface area contributed by atoms with Crippen molar-refractivity contribution in [3.8, 4) is 0 Å². The molecule has 1 fully saturated rings. The number of aromatic amines is 1. The van der Waals surface area contributed by atoms with E-state index in [2.05, 4.69) is 37.7 Å². The van der Waals surface area contributed by atoms with Crippen molar-refractivity contribution in [2.24, 2.45) is 11.8 Å². The first-order chi connectivity index (χ1) is 12.9. The number of piperidine rings is 1. The molecule has 7 heteroatoms. The number of aromatic nitrogens is 2. The summed E-state index contributed by atoms with van der Waals surface area (Å²) in [4.78, 5) is 36.5. The Kier molecular flexibility index (Phi) is 6.63. The molecule has 3 rings (SSSR count). The zero-order valence-corrected chi connectivity index (χ0v) is 18.3. The van der Waals surface area contributed by atoms with Gasteiger partial charge in [-0.25, -0.2) is 4.98 Å². The van der Waals surface area contributed by atoms with E-state index in [1.807, 2.05) is 4.90 Å². The molecule has 1 amide bonds. The maximum absolute atomic E-state index is 12.7. The van der Waals surface area contributed by atoms with Crippen LogP contribution in [0.25, 0.3) is 10.2 Å². The van der Waals surface area contributed by atoms with Gasteiger partial charge in [0.2, 0.25) is 5.91 Å². The van der Waals surface area contributed by atoms with Gasteiger partial charge in [0.25, 0.3) is 5.56 Å². The molecular weight excluding hydrogens is 378 g/mol. The third-order valence-electron chi connectivity index (χ3n) is 5.56. The average Bonchev–Trinajstić information content (AvgIpc) is 2.95. The molecule has 27 heavy (non-hydrogen) atoms. The van der Waals surface area contributed by atoms with Gasteiger partial charge < -0.3 is 9.88 Å². The number of thioether (sulfide) groups is 1. The van der Waals surface area contributed by atoms with Crippen molar-refractivity contribution in [3.05, 3.63) is 20.8 Å². The summed E-state index contributed by atoms with van der Waals surface area (Å²) in [5, 5.41) is 1.28. The van der Waals surface area contributed by atoms with E-state index in [4.69, 9.17) is 0 Å². The molecule has 1 N–H and O–H groups in total. The fourth-order valence-corrected chi connectivity index (χ4v) is 5.32. The van der Waals surface area contributed by atoms with Gasteiger partial charge in [0, 0.05) is 18.0 Å². The van der Waals surface area contributed by atoms with Crippen LogP contribution in [0.15, 0.2) is 9.95 Å². The maximum Gasteiger partial charge on any atom is 0.260 e. The number of carbonyl (C=O) groups excluding carboxylic acids is 1. The van der Waals surface area contributed by atoms with Gasteiger partial charge in [0.1, 0.15) is 4.83 Å². The van der Waals surface area contributed by atoms with Crippen molar-refractivity contribution in [1.29, 1.82) is 0 Å². The van der Waals surface area contributed by atoms with Gasteiger partial charge in [-0.3, -0.25) is 9.59 Å². The summed E-state index contributed by atoms with van der Waals surface area (Å²) >= 11 is 2.92. The maximum atomic E-state index is 12.7. The minimum Gasteiger partial charge on any atom is -0.342 e. The SMILES string of the molecule is CC[C@@H](C)Cc1c(C)sc2nc(SCC(=O)N3CCC(C)CC3)[nH]c(=O)c12. The van der Waals surface area contributed by atoms with Gasteiger partial charge in [0.15, 0.2) is 5.16 Å². The third kappa shape index (κ3) is 4.74. The van der Waals surface area contributed by atoms with E-state index in [0.717, 1.165) is 54.6 Å². The van der Waals surface area contributed by atoms with Crippen LogP contribution in [0.1, 0.15) is 50.5 Å². The number of rotatable bonds is 6. The summed E-state index contributed by atoms with van der Waals surface area (Å²) in [6.07, 6.45) is 4.15. The average molecular weight is 408 g/mol. The van der Waals surface area contributed by atoms with Gasteiger partial charge in [-0.2, -0.15) is 0 Å². The molecule has 1 atom stereocenters. The minimum absolute atomic E-state index is 0.0793. The highest BCUT2D eigenvalue weighted by Gasteiger charge is 2.21. The Labute approximate surface area is 169 Å². The molecule has 3 heterocycles. The largest absolute Gasteiger partial charge is 0.342 e. The van der Waals surface area contributed by atoms with Crippen LogP contribution in [0.2, 0.25) is 0 Å². The van der Waals surface area contributed by atoms with Crippen molar-refractivity contribution < 1.29 is 4.79 Å². The third-order valence-corrected chi connectivity index (χ3v) is 7.46. The normalized spacial score (nSPS) is 16.8. The molecule has 0 saturated carbocycles. The van der Waals surface area contributed by atoms with E-state index < -0.39 is 0 Å². The number of H-pyrrole nitrogens is 1. The fraction of sp³-hybridized carbons (Fsp3) is 0.650. The van der Waals surface area contributed by atoms with Gasteiger partial charge >= 0.3 is 0 Å². The lowest BCUT2D eigenvalue weighted by Gasteiger charge is -2.30. The number of nitrogens with one attached hydrogen (secondary N) is 1. The summed E-state index contributed by atoms with van der Waals surface area (Å²) in [6, 6.07) is 0. The molecule has 5 nitrogen and oxygen atoms in total. The van der Waals surface area contributed by atoms with Crippen molar-refractivity contribution in [3.63, 3.8) is 0 Å². The van der Waals surface area contributed by atoms with Crippen molar-refractivity contribution in [1.82, 2.24) is 14.9 Å². The Balaban J connectivity index is 1.73. The van der Waals surface area contributed by atoms with E-state index in [1.54, 1.807) is 11.3 Å². The highest BCUT2D eigenvalue weighted by molar-refractivity contribution is 7.99. The first-order valence-corrected chi connectivity index (χ1v) is 11.6.